The van der Waals surface area contributed by atoms with Crippen LogP contribution in [0.25, 0.3) is 6.08 Å². The minimum Gasteiger partial charge on any atom is -0.352 e. The van der Waals surface area contributed by atoms with Crippen molar-refractivity contribution < 1.29 is 9.59 Å². The molecular formula is C27H34N4O3. The Hall–Kier alpha value is -3.19. The van der Waals surface area contributed by atoms with Crippen LogP contribution >= 0.6 is 0 Å². The van der Waals surface area contributed by atoms with Gasteiger partial charge in [-0.15, -0.1) is 0 Å². The van der Waals surface area contributed by atoms with E-state index in [0.717, 1.165) is 45.3 Å². The summed E-state index contributed by atoms with van der Waals surface area (Å²) in [6, 6.07) is 10.4. The highest BCUT2D eigenvalue weighted by Gasteiger charge is 2.27. The topological polar surface area (TPSA) is 74.7 Å². The summed E-state index contributed by atoms with van der Waals surface area (Å²) in [6.45, 7) is 5.68. The summed E-state index contributed by atoms with van der Waals surface area (Å²) in [7, 11) is 0. The van der Waals surface area contributed by atoms with Crippen LogP contribution in [0.2, 0.25) is 0 Å². The molecule has 1 aromatic heterocycles. The molecule has 2 amide bonds. The van der Waals surface area contributed by atoms with E-state index in [9.17, 15) is 14.4 Å². The first-order valence-corrected chi connectivity index (χ1v) is 12.3. The second-order valence-electron chi connectivity index (χ2n) is 9.07. The van der Waals surface area contributed by atoms with Gasteiger partial charge in [0.15, 0.2) is 0 Å². The molecule has 1 aliphatic carbocycles. The monoisotopic (exact) mass is 462 g/mol. The van der Waals surface area contributed by atoms with Crippen LogP contribution in [0.15, 0.2) is 53.6 Å². The van der Waals surface area contributed by atoms with E-state index in [4.69, 9.17) is 0 Å². The minimum atomic E-state index is -0.474. The smallest absolute Gasteiger partial charge is 0.259 e. The fourth-order valence-electron chi connectivity index (χ4n) is 4.79. The Balaban J connectivity index is 1.45. The summed E-state index contributed by atoms with van der Waals surface area (Å²) in [4.78, 5) is 43.1. The van der Waals surface area contributed by atoms with E-state index < -0.39 is 11.3 Å². The van der Waals surface area contributed by atoms with Gasteiger partial charge in [0.2, 0.25) is 5.43 Å². The molecule has 1 N–H and O–H groups in total. The summed E-state index contributed by atoms with van der Waals surface area (Å²) in [5, 5.41) is 2.71. The van der Waals surface area contributed by atoms with E-state index in [1.165, 1.54) is 5.56 Å². The first kappa shape index (κ1) is 24.0. The number of hydrogen-bond donors (Lipinski definition) is 1. The number of piperazine rings is 1. The van der Waals surface area contributed by atoms with Crippen LogP contribution in [0, 0.1) is 0 Å². The molecule has 1 aromatic carbocycles. The van der Waals surface area contributed by atoms with Crippen LogP contribution in [0.3, 0.4) is 0 Å². The maximum Gasteiger partial charge on any atom is 0.259 e. The Labute approximate surface area is 201 Å². The van der Waals surface area contributed by atoms with Gasteiger partial charge < -0.3 is 14.8 Å². The highest BCUT2D eigenvalue weighted by Crippen LogP contribution is 2.29. The van der Waals surface area contributed by atoms with Crippen LogP contribution in [-0.2, 0) is 0 Å². The van der Waals surface area contributed by atoms with Crippen molar-refractivity contribution in [3.63, 3.8) is 0 Å². The standard InChI is InChI=1S/C27H34N4O3/c1-2-28-26(33)23-19-31(22-12-6-7-13-22)20-24(25(23)32)27(34)30-17-15-29(16-18-30)14-8-11-21-9-4-3-5-10-21/h3-5,8-11,19-20,22H,2,6-7,12-18H2,1H3,(H,28,33)/b11-8+. The summed E-state index contributed by atoms with van der Waals surface area (Å²) in [6.07, 6.45) is 11.8. The molecule has 34 heavy (non-hydrogen) atoms. The van der Waals surface area contributed by atoms with Gasteiger partial charge in [-0.2, -0.15) is 0 Å². The maximum absolute atomic E-state index is 13.4. The van der Waals surface area contributed by atoms with E-state index in [2.05, 4.69) is 34.5 Å². The number of amides is 2. The van der Waals surface area contributed by atoms with Crippen LogP contribution in [0.5, 0.6) is 0 Å². The molecule has 7 nitrogen and oxygen atoms in total. The van der Waals surface area contributed by atoms with E-state index in [1.54, 1.807) is 17.3 Å². The molecule has 2 fully saturated rings. The van der Waals surface area contributed by atoms with Gasteiger partial charge in [-0.05, 0) is 25.3 Å². The molecule has 7 heteroatoms. The van der Waals surface area contributed by atoms with Crippen molar-refractivity contribution in [1.82, 2.24) is 19.7 Å². The van der Waals surface area contributed by atoms with Crippen molar-refractivity contribution in [3.8, 4) is 0 Å². The molecule has 180 valence electrons. The van der Waals surface area contributed by atoms with Crippen LogP contribution in [-0.4, -0.2) is 65.4 Å². The molecular weight excluding hydrogens is 428 g/mol. The number of benzene rings is 1. The zero-order valence-corrected chi connectivity index (χ0v) is 19.9. The molecule has 1 aliphatic heterocycles. The Kier molecular flexibility index (Phi) is 7.95. The number of rotatable bonds is 7. The summed E-state index contributed by atoms with van der Waals surface area (Å²) >= 11 is 0. The lowest BCUT2D eigenvalue weighted by molar-refractivity contribution is 0.0648. The highest BCUT2D eigenvalue weighted by molar-refractivity contribution is 5.99. The van der Waals surface area contributed by atoms with Gasteiger partial charge >= 0.3 is 0 Å². The molecule has 2 aromatic rings. The van der Waals surface area contributed by atoms with Gasteiger partial charge in [-0.3, -0.25) is 19.3 Å². The second kappa shape index (κ2) is 11.3. The number of nitrogens with zero attached hydrogens (tertiary/aromatic N) is 3. The van der Waals surface area contributed by atoms with Gasteiger partial charge in [0.05, 0.1) is 0 Å². The first-order valence-electron chi connectivity index (χ1n) is 12.3. The minimum absolute atomic E-state index is 0.0595. The maximum atomic E-state index is 13.4. The normalized spacial score (nSPS) is 17.4. The lowest BCUT2D eigenvalue weighted by Crippen LogP contribution is -2.49. The number of nitrogens with one attached hydrogen (secondary N) is 1. The van der Waals surface area contributed by atoms with Crippen molar-refractivity contribution >= 4 is 17.9 Å². The number of hydrogen-bond acceptors (Lipinski definition) is 4. The predicted molar refractivity (Wildman–Crippen MR) is 134 cm³/mol. The molecule has 1 saturated carbocycles. The van der Waals surface area contributed by atoms with Crippen molar-refractivity contribution in [2.24, 2.45) is 0 Å². The Bertz CT molecular complexity index is 1080. The van der Waals surface area contributed by atoms with E-state index in [1.807, 2.05) is 29.7 Å². The van der Waals surface area contributed by atoms with Gasteiger partial charge in [-0.1, -0.05) is 55.3 Å². The Morgan fingerprint density at radius 2 is 1.68 bits per heavy atom. The molecule has 1 saturated heterocycles. The zero-order chi connectivity index (χ0) is 23.9. The molecule has 4 rings (SSSR count). The first-order chi connectivity index (χ1) is 16.6. The largest absolute Gasteiger partial charge is 0.352 e. The summed E-state index contributed by atoms with van der Waals surface area (Å²) in [5.41, 5.74) is 0.859. The summed E-state index contributed by atoms with van der Waals surface area (Å²) < 4.78 is 1.93. The predicted octanol–water partition coefficient (Wildman–Crippen LogP) is 3.18. The lowest BCUT2D eigenvalue weighted by Gasteiger charge is -2.34. The average Bonchev–Trinajstić information content (AvgIpc) is 3.40. The number of carbonyl (C=O) groups is 2. The van der Waals surface area contributed by atoms with Crippen LogP contribution in [0.1, 0.15) is 64.9 Å². The molecule has 0 unspecified atom stereocenters. The fourth-order valence-corrected chi connectivity index (χ4v) is 4.79. The highest BCUT2D eigenvalue weighted by atomic mass is 16.2. The Morgan fingerprint density at radius 1 is 1.00 bits per heavy atom. The van der Waals surface area contributed by atoms with Crippen LogP contribution < -0.4 is 10.7 Å². The molecule has 2 heterocycles. The van der Waals surface area contributed by atoms with Crippen LogP contribution in [0.4, 0.5) is 0 Å². The van der Waals surface area contributed by atoms with Gasteiger partial charge in [0.1, 0.15) is 11.1 Å². The van der Waals surface area contributed by atoms with Gasteiger partial charge in [0.25, 0.3) is 11.8 Å². The number of pyridine rings is 1. The third-order valence-corrected chi connectivity index (χ3v) is 6.74. The third kappa shape index (κ3) is 5.65. The van der Waals surface area contributed by atoms with Gasteiger partial charge in [-0.25, -0.2) is 0 Å². The quantitative estimate of drug-likeness (QED) is 0.686. The van der Waals surface area contributed by atoms with Crippen molar-refractivity contribution in [1.29, 1.82) is 0 Å². The van der Waals surface area contributed by atoms with E-state index in [-0.39, 0.29) is 23.1 Å². The lowest BCUT2D eigenvalue weighted by atomic mass is 10.1. The number of carbonyl (C=O) groups excluding carboxylic acids is 2. The number of aromatic nitrogens is 1. The molecule has 0 atom stereocenters. The van der Waals surface area contributed by atoms with E-state index in [0.29, 0.717) is 19.6 Å². The Morgan fingerprint density at radius 3 is 2.35 bits per heavy atom. The fraction of sp³-hybridized carbons (Fsp3) is 0.444. The van der Waals surface area contributed by atoms with Crippen molar-refractivity contribution in [2.75, 3.05) is 39.3 Å². The molecule has 0 spiro atoms. The van der Waals surface area contributed by atoms with E-state index >= 15 is 0 Å². The van der Waals surface area contributed by atoms with Gasteiger partial charge in [0, 0.05) is 57.7 Å². The summed E-state index contributed by atoms with van der Waals surface area (Å²) in [5.74, 6) is -0.689. The third-order valence-electron chi connectivity index (χ3n) is 6.74. The second-order valence-corrected chi connectivity index (χ2v) is 9.07. The zero-order valence-electron chi connectivity index (χ0n) is 19.9. The van der Waals surface area contributed by atoms with Crippen molar-refractivity contribution in [3.05, 3.63) is 75.7 Å². The molecule has 2 aliphatic rings. The SMILES string of the molecule is CCNC(=O)c1cn(C2CCCC2)cc(C(=O)N2CCN(C/C=C/c3ccccc3)CC2)c1=O. The van der Waals surface area contributed by atoms with Crippen molar-refractivity contribution in [2.45, 2.75) is 38.6 Å². The average molecular weight is 463 g/mol. The molecule has 0 bridgehead atoms. The molecule has 0 radical (unpaired) electrons.